The molecule has 1 aromatic carbocycles. The number of benzene rings is 1. The van der Waals surface area contributed by atoms with Crippen molar-refractivity contribution in [3.05, 3.63) is 40.5 Å². The van der Waals surface area contributed by atoms with Gasteiger partial charge in [-0.05, 0) is 18.2 Å². The standard InChI is InChI=1S/C14H12ClN3O3/c1-7(2)13-16-11(21-17-13)6-18-10-5-8(15)3-4-9(10)12(19)14(18)20/h3-5,7H,6H2,1-2H3. The number of hydrogen-bond acceptors (Lipinski definition) is 5. The van der Waals surface area contributed by atoms with Crippen molar-refractivity contribution >= 4 is 29.0 Å². The van der Waals surface area contributed by atoms with Crippen molar-refractivity contribution in [3.63, 3.8) is 0 Å². The molecule has 21 heavy (non-hydrogen) atoms. The highest BCUT2D eigenvalue weighted by molar-refractivity contribution is 6.52. The van der Waals surface area contributed by atoms with Crippen LogP contribution in [-0.4, -0.2) is 21.8 Å². The summed E-state index contributed by atoms with van der Waals surface area (Å²) in [5.41, 5.74) is 0.815. The SMILES string of the molecule is CC(C)c1noc(CN2C(=O)C(=O)c3ccc(Cl)cc32)n1. The van der Waals surface area contributed by atoms with Crippen molar-refractivity contribution < 1.29 is 14.1 Å². The first-order valence-electron chi connectivity index (χ1n) is 6.45. The molecule has 1 amide bonds. The van der Waals surface area contributed by atoms with E-state index < -0.39 is 11.7 Å². The first-order valence-corrected chi connectivity index (χ1v) is 6.83. The number of carbonyl (C=O) groups excluding carboxylic acids is 2. The van der Waals surface area contributed by atoms with Crippen LogP contribution in [0.4, 0.5) is 5.69 Å². The molecule has 0 atom stereocenters. The molecule has 2 aromatic rings. The van der Waals surface area contributed by atoms with Crippen molar-refractivity contribution in [2.24, 2.45) is 0 Å². The number of amides is 1. The van der Waals surface area contributed by atoms with E-state index in [-0.39, 0.29) is 18.4 Å². The van der Waals surface area contributed by atoms with Gasteiger partial charge in [0.05, 0.1) is 11.3 Å². The molecular formula is C14H12ClN3O3. The largest absolute Gasteiger partial charge is 0.337 e. The molecule has 0 saturated heterocycles. The third-order valence-electron chi connectivity index (χ3n) is 3.23. The summed E-state index contributed by atoms with van der Waals surface area (Å²) < 4.78 is 5.12. The second kappa shape index (κ2) is 4.96. The fourth-order valence-electron chi connectivity index (χ4n) is 2.13. The van der Waals surface area contributed by atoms with Crippen LogP contribution < -0.4 is 4.90 Å². The number of hydrogen-bond donors (Lipinski definition) is 0. The Kier molecular flexibility index (Phi) is 3.25. The Labute approximate surface area is 125 Å². The Morgan fingerprint density at radius 1 is 1.33 bits per heavy atom. The van der Waals surface area contributed by atoms with Crippen LogP contribution in [0.5, 0.6) is 0 Å². The Hall–Kier alpha value is -2.21. The summed E-state index contributed by atoms with van der Waals surface area (Å²) in [6.07, 6.45) is 0. The highest BCUT2D eigenvalue weighted by Crippen LogP contribution is 2.32. The van der Waals surface area contributed by atoms with Crippen molar-refractivity contribution in [2.45, 2.75) is 26.3 Å². The number of rotatable bonds is 3. The molecule has 0 bridgehead atoms. The molecule has 0 fully saturated rings. The predicted octanol–water partition coefficient (Wildman–Crippen LogP) is 2.58. The molecule has 1 aliphatic rings. The molecule has 0 unspecified atom stereocenters. The first-order chi connectivity index (χ1) is 9.97. The second-order valence-corrected chi connectivity index (χ2v) is 5.52. The Morgan fingerprint density at radius 3 is 2.76 bits per heavy atom. The van der Waals surface area contributed by atoms with E-state index in [4.69, 9.17) is 16.1 Å². The smallest absolute Gasteiger partial charge is 0.299 e. The molecule has 0 radical (unpaired) electrons. The highest BCUT2D eigenvalue weighted by Gasteiger charge is 2.36. The minimum Gasteiger partial charge on any atom is -0.337 e. The Bertz CT molecular complexity index is 739. The van der Waals surface area contributed by atoms with E-state index >= 15 is 0 Å². The fourth-order valence-corrected chi connectivity index (χ4v) is 2.29. The third kappa shape index (κ3) is 2.31. The summed E-state index contributed by atoms with van der Waals surface area (Å²) in [7, 11) is 0. The normalized spacial score (nSPS) is 14.2. The van der Waals surface area contributed by atoms with Crippen LogP contribution in [0.25, 0.3) is 0 Å². The van der Waals surface area contributed by atoms with Crippen LogP contribution >= 0.6 is 11.6 Å². The molecule has 0 N–H and O–H groups in total. The lowest BCUT2D eigenvalue weighted by atomic mass is 10.1. The van der Waals surface area contributed by atoms with Gasteiger partial charge in [-0.1, -0.05) is 30.6 Å². The summed E-state index contributed by atoms with van der Waals surface area (Å²) in [6, 6.07) is 4.71. The summed E-state index contributed by atoms with van der Waals surface area (Å²) in [4.78, 5) is 29.5. The molecule has 2 heterocycles. The van der Waals surface area contributed by atoms with Gasteiger partial charge in [-0.15, -0.1) is 0 Å². The lowest BCUT2D eigenvalue weighted by Crippen LogP contribution is -2.29. The molecule has 3 rings (SSSR count). The maximum atomic E-state index is 12.1. The fraction of sp³-hybridized carbons (Fsp3) is 0.286. The third-order valence-corrected chi connectivity index (χ3v) is 3.46. The van der Waals surface area contributed by atoms with Crippen LogP contribution in [0.3, 0.4) is 0 Å². The van der Waals surface area contributed by atoms with Crippen molar-refractivity contribution in [1.29, 1.82) is 0 Å². The zero-order valence-corrected chi connectivity index (χ0v) is 12.2. The zero-order valence-electron chi connectivity index (χ0n) is 11.5. The van der Waals surface area contributed by atoms with E-state index in [2.05, 4.69) is 10.1 Å². The molecule has 0 spiro atoms. The van der Waals surface area contributed by atoms with Crippen LogP contribution in [0, 0.1) is 0 Å². The average Bonchev–Trinajstić information content (AvgIpc) is 2.99. The summed E-state index contributed by atoms with van der Waals surface area (Å²) >= 11 is 5.93. The van der Waals surface area contributed by atoms with Crippen molar-refractivity contribution in [2.75, 3.05) is 4.90 Å². The van der Waals surface area contributed by atoms with Gasteiger partial charge >= 0.3 is 0 Å². The number of fused-ring (bicyclic) bond motifs is 1. The molecule has 1 aliphatic heterocycles. The quantitative estimate of drug-likeness (QED) is 0.815. The van der Waals surface area contributed by atoms with Gasteiger partial charge in [0.1, 0.15) is 6.54 Å². The van der Waals surface area contributed by atoms with E-state index in [1.807, 2.05) is 13.8 Å². The topological polar surface area (TPSA) is 76.3 Å². The summed E-state index contributed by atoms with van der Waals surface area (Å²) in [6.45, 7) is 3.93. The van der Waals surface area contributed by atoms with Crippen molar-refractivity contribution in [1.82, 2.24) is 10.1 Å². The van der Waals surface area contributed by atoms with Gasteiger partial charge in [0.2, 0.25) is 5.89 Å². The monoisotopic (exact) mass is 305 g/mol. The van der Waals surface area contributed by atoms with Crippen LogP contribution in [0.2, 0.25) is 5.02 Å². The zero-order chi connectivity index (χ0) is 15.1. The van der Waals surface area contributed by atoms with Gasteiger partial charge in [-0.25, -0.2) is 0 Å². The van der Waals surface area contributed by atoms with Crippen molar-refractivity contribution in [3.8, 4) is 0 Å². The van der Waals surface area contributed by atoms with Gasteiger partial charge in [0.25, 0.3) is 11.7 Å². The number of anilines is 1. The van der Waals surface area contributed by atoms with Crippen LogP contribution in [0.1, 0.15) is 41.8 Å². The van der Waals surface area contributed by atoms with E-state index in [0.29, 0.717) is 22.1 Å². The molecule has 6 nitrogen and oxygen atoms in total. The van der Waals surface area contributed by atoms with Gasteiger partial charge in [-0.3, -0.25) is 14.5 Å². The minimum absolute atomic E-state index is 0.0532. The predicted molar refractivity (Wildman–Crippen MR) is 75.4 cm³/mol. The highest BCUT2D eigenvalue weighted by atomic mass is 35.5. The second-order valence-electron chi connectivity index (χ2n) is 5.08. The lowest BCUT2D eigenvalue weighted by molar-refractivity contribution is -0.114. The molecule has 7 heteroatoms. The van der Waals surface area contributed by atoms with Gasteiger partial charge in [0, 0.05) is 10.9 Å². The molecule has 0 aliphatic carbocycles. The first kappa shape index (κ1) is 13.8. The van der Waals surface area contributed by atoms with Crippen LogP contribution in [0.15, 0.2) is 22.7 Å². The van der Waals surface area contributed by atoms with E-state index in [0.717, 1.165) is 0 Å². The van der Waals surface area contributed by atoms with E-state index in [1.54, 1.807) is 18.2 Å². The molecule has 0 saturated carbocycles. The number of carbonyl (C=O) groups is 2. The van der Waals surface area contributed by atoms with E-state index in [9.17, 15) is 9.59 Å². The minimum atomic E-state index is -0.614. The summed E-state index contributed by atoms with van der Waals surface area (Å²) in [5, 5.41) is 4.29. The van der Waals surface area contributed by atoms with Gasteiger partial charge in [0.15, 0.2) is 5.82 Å². The van der Waals surface area contributed by atoms with Crippen LogP contribution in [-0.2, 0) is 11.3 Å². The number of halogens is 1. The maximum absolute atomic E-state index is 12.1. The number of Topliss-reactive ketones (excluding diaryl/α,β-unsaturated/α-hetero) is 1. The van der Waals surface area contributed by atoms with E-state index in [1.165, 1.54) is 4.90 Å². The average molecular weight is 306 g/mol. The lowest BCUT2D eigenvalue weighted by Gasteiger charge is -2.13. The summed E-state index contributed by atoms with van der Waals surface area (Å²) in [5.74, 6) is -0.191. The Balaban J connectivity index is 1.94. The molecule has 108 valence electrons. The number of nitrogens with zero attached hydrogens (tertiary/aromatic N) is 3. The Morgan fingerprint density at radius 2 is 2.10 bits per heavy atom. The number of aromatic nitrogens is 2. The van der Waals surface area contributed by atoms with Gasteiger partial charge < -0.3 is 4.52 Å². The molecular weight excluding hydrogens is 294 g/mol. The maximum Gasteiger partial charge on any atom is 0.299 e. The molecule has 1 aromatic heterocycles. The number of ketones is 1. The van der Waals surface area contributed by atoms with Gasteiger partial charge in [-0.2, -0.15) is 4.98 Å².